The van der Waals surface area contributed by atoms with E-state index in [1.165, 1.54) is 6.07 Å². The standard InChI is InChI=1S/C7H7F3N2O2S/c8-7(9,10)15(13,14)6-3-1-2-5(4-6)12-11/h1-4,12H,11H2. The summed E-state index contributed by atoms with van der Waals surface area (Å²) in [6.45, 7) is 0. The number of benzene rings is 1. The van der Waals surface area contributed by atoms with Gasteiger partial charge in [-0.15, -0.1) is 0 Å². The maximum atomic E-state index is 12.1. The van der Waals surface area contributed by atoms with Gasteiger partial charge in [0.05, 0.1) is 4.90 Å². The van der Waals surface area contributed by atoms with Gasteiger partial charge in [-0.2, -0.15) is 13.2 Å². The van der Waals surface area contributed by atoms with Crippen LogP contribution in [0.5, 0.6) is 0 Å². The molecule has 1 aromatic carbocycles. The van der Waals surface area contributed by atoms with E-state index in [0.29, 0.717) is 0 Å². The first-order valence-corrected chi connectivity index (χ1v) is 5.15. The van der Waals surface area contributed by atoms with Gasteiger partial charge < -0.3 is 5.43 Å². The van der Waals surface area contributed by atoms with Crippen LogP contribution >= 0.6 is 0 Å². The number of sulfone groups is 1. The Morgan fingerprint density at radius 1 is 1.27 bits per heavy atom. The number of anilines is 1. The van der Waals surface area contributed by atoms with E-state index in [4.69, 9.17) is 5.84 Å². The van der Waals surface area contributed by atoms with E-state index in [0.717, 1.165) is 18.2 Å². The molecule has 0 heterocycles. The number of nitrogens with one attached hydrogen (secondary N) is 1. The lowest BCUT2D eigenvalue weighted by Crippen LogP contribution is -2.23. The molecule has 0 radical (unpaired) electrons. The molecule has 84 valence electrons. The third-order valence-electron chi connectivity index (χ3n) is 1.62. The van der Waals surface area contributed by atoms with Crippen LogP contribution in [0.15, 0.2) is 29.2 Å². The van der Waals surface area contributed by atoms with Crippen molar-refractivity contribution < 1.29 is 21.6 Å². The SMILES string of the molecule is NNc1cccc(S(=O)(=O)C(F)(F)F)c1. The summed E-state index contributed by atoms with van der Waals surface area (Å²) >= 11 is 0. The van der Waals surface area contributed by atoms with Crippen molar-refractivity contribution in [2.75, 3.05) is 5.43 Å². The summed E-state index contributed by atoms with van der Waals surface area (Å²) in [7, 11) is -5.30. The van der Waals surface area contributed by atoms with Crippen molar-refractivity contribution in [3.8, 4) is 0 Å². The summed E-state index contributed by atoms with van der Waals surface area (Å²) < 4.78 is 58.2. The first-order chi connectivity index (χ1) is 6.79. The summed E-state index contributed by atoms with van der Waals surface area (Å²) in [5.41, 5.74) is -3.16. The minimum atomic E-state index is -5.31. The fourth-order valence-electron chi connectivity index (χ4n) is 0.887. The molecular weight excluding hydrogens is 233 g/mol. The van der Waals surface area contributed by atoms with Crippen molar-refractivity contribution >= 4 is 15.5 Å². The van der Waals surface area contributed by atoms with Crippen LogP contribution in [0, 0.1) is 0 Å². The first kappa shape index (κ1) is 11.8. The largest absolute Gasteiger partial charge is 0.501 e. The Morgan fingerprint density at radius 3 is 2.33 bits per heavy atom. The van der Waals surface area contributed by atoms with Gasteiger partial charge in [-0.3, -0.25) is 5.84 Å². The molecule has 0 aliphatic heterocycles. The average molecular weight is 240 g/mol. The third kappa shape index (κ3) is 2.21. The number of hydrogen-bond donors (Lipinski definition) is 2. The minimum Gasteiger partial charge on any atom is -0.324 e. The van der Waals surface area contributed by atoms with Crippen LogP contribution in [-0.2, 0) is 9.84 Å². The van der Waals surface area contributed by atoms with Gasteiger partial charge in [0.15, 0.2) is 0 Å². The van der Waals surface area contributed by atoms with Gasteiger partial charge in [0.1, 0.15) is 0 Å². The third-order valence-corrected chi connectivity index (χ3v) is 3.10. The van der Waals surface area contributed by atoms with Crippen LogP contribution in [0.1, 0.15) is 0 Å². The summed E-state index contributed by atoms with van der Waals surface area (Å²) in [4.78, 5) is -0.842. The zero-order chi connectivity index (χ0) is 11.7. The molecular formula is C7H7F3N2O2S. The Kier molecular flexibility index (Phi) is 2.91. The molecule has 0 aromatic heterocycles. The van der Waals surface area contributed by atoms with E-state index in [2.05, 4.69) is 5.43 Å². The van der Waals surface area contributed by atoms with Gasteiger partial charge in [0.25, 0.3) is 9.84 Å². The second-order valence-electron chi connectivity index (χ2n) is 2.62. The zero-order valence-corrected chi connectivity index (χ0v) is 8.06. The molecule has 0 fully saturated rings. The summed E-state index contributed by atoms with van der Waals surface area (Å²) in [6, 6.07) is 4.16. The highest BCUT2D eigenvalue weighted by molar-refractivity contribution is 7.92. The fraction of sp³-hybridized carbons (Fsp3) is 0.143. The normalized spacial score (nSPS) is 12.5. The molecule has 0 aliphatic rings. The van der Waals surface area contributed by atoms with Crippen molar-refractivity contribution in [3.63, 3.8) is 0 Å². The maximum absolute atomic E-state index is 12.1. The predicted octanol–water partition coefficient (Wildman–Crippen LogP) is 1.27. The molecule has 1 aromatic rings. The zero-order valence-electron chi connectivity index (χ0n) is 7.25. The van der Waals surface area contributed by atoms with E-state index < -0.39 is 20.2 Å². The molecule has 8 heteroatoms. The molecule has 0 spiro atoms. The lowest BCUT2D eigenvalue weighted by Gasteiger charge is -2.08. The monoisotopic (exact) mass is 240 g/mol. The Bertz CT molecular complexity index is 456. The lowest BCUT2D eigenvalue weighted by atomic mass is 10.3. The van der Waals surface area contributed by atoms with Crippen LogP contribution in [0.3, 0.4) is 0 Å². The Balaban J connectivity index is 3.29. The minimum absolute atomic E-state index is 0.0836. The molecule has 0 aliphatic carbocycles. The number of hydrogen-bond acceptors (Lipinski definition) is 4. The van der Waals surface area contributed by atoms with Gasteiger partial charge in [-0.1, -0.05) is 6.07 Å². The number of alkyl halides is 3. The van der Waals surface area contributed by atoms with Gasteiger partial charge in [-0.05, 0) is 18.2 Å². The first-order valence-electron chi connectivity index (χ1n) is 3.67. The number of nitrogen functional groups attached to an aromatic ring is 1. The number of halogens is 3. The summed E-state index contributed by atoms with van der Waals surface area (Å²) in [6.07, 6.45) is 0. The van der Waals surface area contributed by atoms with Gasteiger partial charge in [-0.25, -0.2) is 8.42 Å². The number of nitrogens with two attached hydrogens (primary N) is 1. The molecule has 0 saturated carbocycles. The molecule has 0 bridgehead atoms. The van der Waals surface area contributed by atoms with Crippen molar-refractivity contribution in [3.05, 3.63) is 24.3 Å². The highest BCUT2D eigenvalue weighted by atomic mass is 32.2. The highest BCUT2D eigenvalue weighted by Gasteiger charge is 2.46. The van der Waals surface area contributed by atoms with Crippen LogP contribution in [0.4, 0.5) is 18.9 Å². The van der Waals surface area contributed by atoms with Crippen LogP contribution < -0.4 is 11.3 Å². The Hall–Kier alpha value is -1.28. The van der Waals surface area contributed by atoms with Gasteiger partial charge >= 0.3 is 5.51 Å². The van der Waals surface area contributed by atoms with Gasteiger partial charge in [0, 0.05) is 5.69 Å². The van der Waals surface area contributed by atoms with Crippen LogP contribution in [0.25, 0.3) is 0 Å². The highest BCUT2D eigenvalue weighted by Crippen LogP contribution is 2.30. The quantitative estimate of drug-likeness (QED) is 0.603. The molecule has 0 saturated heterocycles. The van der Waals surface area contributed by atoms with Gasteiger partial charge in [0.2, 0.25) is 0 Å². The molecule has 0 unspecified atom stereocenters. The van der Waals surface area contributed by atoms with Crippen molar-refractivity contribution in [1.82, 2.24) is 0 Å². The molecule has 3 N–H and O–H groups in total. The maximum Gasteiger partial charge on any atom is 0.501 e. The summed E-state index contributed by atoms with van der Waals surface area (Å²) in [5, 5.41) is 0. The van der Waals surface area contributed by atoms with E-state index in [-0.39, 0.29) is 5.69 Å². The van der Waals surface area contributed by atoms with Crippen molar-refractivity contribution in [1.29, 1.82) is 0 Å². The van der Waals surface area contributed by atoms with E-state index in [1.807, 2.05) is 0 Å². The van der Waals surface area contributed by atoms with Crippen LogP contribution in [0.2, 0.25) is 0 Å². The average Bonchev–Trinajstić information content (AvgIpc) is 2.16. The lowest BCUT2D eigenvalue weighted by molar-refractivity contribution is -0.0435. The van der Waals surface area contributed by atoms with E-state index in [1.54, 1.807) is 0 Å². The van der Waals surface area contributed by atoms with Crippen molar-refractivity contribution in [2.24, 2.45) is 5.84 Å². The van der Waals surface area contributed by atoms with E-state index in [9.17, 15) is 21.6 Å². The number of hydrazine groups is 1. The second-order valence-corrected chi connectivity index (χ2v) is 4.56. The second kappa shape index (κ2) is 3.70. The van der Waals surface area contributed by atoms with Crippen LogP contribution in [-0.4, -0.2) is 13.9 Å². The van der Waals surface area contributed by atoms with Crippen molar-refractivity contribution in [2.45, 2.75) is 10.4 Å². The Morgan fingerprint density at radius 2 is 1.87 bits per heavy atom. The number of rotatable bonds is 2. The summed E-state index contributed by atoms with van der Waals surface area (Å²) in [5.74, 6) is 4.94. The predicted molar refractivity (Wildman–Crippen MR) is 47.5 cm³/mol. The smallest absolute Gasteiger partial charge is 0.324 e. The topological polar surface area (TPSA) is 72.2 Å². The fourth-order valence-corrected chi connectivity index (χ4v) is 1.69. The Labute approximate surface area is 83.8 Å². The van der Waals surface area contributed by atoms with E-state index >= 15 is 0 Å². The molecule has 0 atom stereocenters. The molecule has 4 nitrogen and oxygen atoms in total. The molecule has 1 rings (SSSR count). The molecule has 15 heavy (non-hydrogen) atoms. The molecule has 0 amide bonds.